The average Bonchev–Trinajstić information content (AvgIpc) is 3.19. The van der Waals surface area contributed by atoms with Gasteiger partial charge in [0, 0.05) is 17.7 Å². The van der Waals surface area contributed by atoms with E-state index in [1.807, 2.05) is 32.0 Å². The van der Waals surface area contributed by atoms with Crippen LogP contribution >= 0.6 is 0 Å². The molecule has 0 radical (unpaired) electrons. The lowest BCUT2D eigenvalue weighted by molar-refractivity contribution is -0.137. The summed E-state index contributed by atoms with van der Waals surface area (Å²) in [5.41, 5.74) is 3.69. The van der Waals surface area contributed by atoms with Gasteiger partial charge in [-0.2, -0.15) is 18.3 Å². The molecule has 0 unspecified atom stereocenters. The summed E-state index contributed by atoms with van der Waals surface area (Å²) in [5, 5.41) is 7.88. The zero-order chi connectivity index (χ0) is 18.5. The molecular formula is C20H18F3N3. The zero-order valence-electron chi connectivity index (χ0n) is 14.5. The van der Waals surface area contributed by atoms with Gasteiger partial charge in [0.05, 0.1) is 16.9 Å². The smallest absolute Gasteiger partial charge is 0.369 e. The first-order chi connectivity index (χ1) is 12.4. The van der Waals surface area contributed by atoms with Crippen molar-refractivity contribution in [2.24, 2.45) is 0 Å². The van der Waals surface area contributed by atoms with Crippen LogP contribution in [0.25, 0.3) is 16.9 Å². The third kappa shape index (κ3) is 2.66. The molecule has 3 nitrogen and oxygen atoms in total. The number of hydrogen-bond acceptors (Lipinski definition) is 2. The Labute approximate surface area is 149 Å². The molecule has 4 rings (SSSR count). The highest BCUT2D eigenvalue weighted by atomic mass is 19.4. The van der Waals surface area contributed by atoms with E-state index in [-0.39, 0.29) is 5.56 Å². The number of rotatable bonds is 2. The lowest BCUT2D eigenvalue weighted by atomic mass is 10.0. The highest BCUT2D eigenvalue weighted by Crippen LogP contribution is 2.41. The Bertz CT molecular complexity index is 986. The molecule has 26 heavy (non-hydrogen) atoms. The molecule has 1 aromatic heterocycles. The predicted octanol–water partition coefficient (Wildman–Crippen LogP) is 5.14. The Kier molecular flexibility index (Phi) is 3.79. The van der Waals surface area contributed by atoms with Crippen LogP contribution < -0.4 is 5.32 Å². The van der Waals surface area contributed by atoms with Crippen LogP contribution in [0.15, 0.2) is 42.5 Å². The van der Waals surface area contributed by atoms with Gasteiger partial charge in [-0.1, -0.05) is 30.3 Å². The maximum absolute atomic E-state index is 13.5. The monoisotopic (exact) mass is 357 g/mol. The van der Waals surface area contributed by atoms with E-state index in [2.05, 4.69) is 10.4 Å². The summed E-state index contributed by atoms with van der Waals surface area (Å²) in [4.78, 5) is 0. The summed E-state index contributed by atoms with van der Waals surface area (Å²) in [5.74, 6) is 0.783. The molecule has 0 aliphatic carbocycles. The van der Waals surface area contributed by atoms with E-state index < -0.39 is 11.7 Å². The average molecular weight is 357 g/mol. The first kappa shape index (κ1) is 16.7. The number of aryl methyl sites for hydroxylation is 2. The van der Waals surface area contributed by atoms with Crippen LogP contribution in [-0.4, -0.2) is 16.3 Å². The van der Waals surface area contributed by atoms with Crippen LogP contribution in [0.3, 0.4) is 0 Å². The molecule has 2 aromatic carbocycles. The van der Waals surface area contributed by atoms with Crippen LogP contribution in [0.1, 0.15) is 22.3 Å². The molecule has 0 fully saturated rings. The molecule has 3 aromatic rings. The van der Waals surface area contributed by atoms with Crippen molar-refractivity contribution in [1.29, 1.82) is 0 Å². The molecule has 0 spiro atoms. The lowest BCUT2D eigenvalue weighted by Crippen LogP contribution is -2.09. The summed E-state index contributed by atoms with van der Waals surface area (Å²) in [6.45, 7) is 4.65. The van der Waals surface area contributed by atoms with Gasteiger partial charge in [0.15, 0.2) is 0 Å². The molecule has 1 aliphatic rings. The molecular weight excluding hydrogens is 339 g/mol. The Balaban J connectivity index is 1.96. The van der Waals surface area contributed by atoms with Gasteiger partial charge in [0.25, 0.3) is 0 Å². The topological polar surface area (TPSA) is 29.9 Å². The molecule has 1 aliphatic heterocycles. The van der Waals surface area contributed by atoms with E-state index >= 15 is 0 Å². The second-order valence-electron chi connectivity index (χ2n) is 6.60. The fourth-order valence-electron chi connectivity index (χ4n) is 3.45. The fraction of sp³-hybridized carbons (Fsp3) is 0.250. The minimum absolute atomic E-state index is 0.129. The number of alkyl halides is 3. The predicted molar refractivity (Wildman–Crippen MR) is 95.7 cm³/mol. The van der Waals surface area contributed by atoms with Crippen molar-refractivity contribution in [3.63, 3.8) is 0 Å². The van der Waals surface area contributed by atoms with Crippen molar-refractivity contribution in [3.05, 3.63) is 64.7 Å². The largest absolute Gasteiger partial charge is 0.417 e. The van der Waals surface area contributed by atoms with Crippen molar-refractivity contribution in [3.8, 4) is 16.9 Å². The van der Waals surface area contributed by atoms with E-state index in [0.29, 0.717) is 18.7 Å². The van der Waals surface area contributed by atoms with Crippen molar-refractivity contribution >= 4 is 5.82 Å². The summed E-state index contributed by atoms with van der Waals surface area (Å²) in [6.07, 6.45) is -3.76. The first-order valence-corrected chi connectivity index (χ1v) is 8.46. The van der Waals surface area contributed by atoms with Gasteiger partial charge in [-0.25, -0.2) is 4.68 Å². The summed E-state index contributed by atoms with van der Waals surface area (Å²) < 4.78 is 42.2. The SMILES string of the molecule is Cc1ccc(C)c(-n2nc(-c3ccccc3C(F)(F)F)c3c2NCC3)c1. The number of benzene rings is 2. The highest BCUT2D eigenvalue weighted by Gasteiger charge is 2.35. The van der Waals surface area contributed by atoms with Crippen LogP contribution in [0.5, 0.6) is 0 Å². The number of anilines is 1. The molecule has 0 atom stereocenters. The number of aromatic nitrogens is 2. The molecule has 0 saturated carbocycles. The molecule has 1 N–H and O–H groups in total. The van der Waals surface area contributed by atoms with Crippen LogP contribution in [-0.2, 0) is 12.6 Å². The van der Waals surface area contributed by atoms with Gasteiger partial charge >= 0.3 is 6.18 Å². The van der Waals surface area contributed by atoms with Crippen LogP contribution in [0.4, 0.5) is 19.0 Å². The quantitative estimate of drug-likeness (QED) is 0.688. The normalized spacial score (nSPS) is 13.6. The van der Waals surface area contributed by atoms with Crippen molar-refractivity contribution in [2.75, 3.05) is 11.9 Å². The minimum atomic E-state index is -4.42. The van der Waals surface area contributed by atoms with E-state index in [1.54, 1.807) is 10.7 Å². The van der Waals surface area contributed by atoms with E-state index in [9.17, 15) is 13.2 Å². The van der Waals surface area contributed by atoms with Crippen molar-refractivity contribution in [1.82, 2.24) is 9.78 Å². The van der Waals surface area contributed by atoms with Crippen molar-refractivity contribution in [2.45, 2.75) is 26.4 Å². The third-order valence-electron chi connectivity index (χ3n) is 4.73. The summed E-state index contributed by atoms with van der Waals surface area (Å²) in [6, 6.07) is 11.6. The minimum Gasteiger partial charge on any atom is -0.369 e. The Morgan fingerprint density at radius 2 is 1.85 bits per heavy atom. The third-order valence-corrected chi connectivity index (χ3v) is 4.73. The number of fused-ring (bicyclic) bond motifs is 1. The number of nitrogens with one attached hydrogen (secondary N) is 1. The van der Waals surface area contributed by atoms with E-state index in [1.165, 1.54) is 12.1 Å². The second-order valence-corrected chi connectivity index (χ2v) is 6.60. The first-order valence-electron chi connectivity index (χ1n) is 8.46. The van der Waals surface area contributed by atoms with Gasteiger partial charge in [-0.05, 0) is 43.5 Å². The number of hydrogen-bond donors (Lipinski definition) is 1. The van der Waals surface area contributed by atoms with Crippen molar-refractivity contribution < 1.29 is 13.2 Å². The van der Waals surface area contributed by atoms with Gasteiger partial charge in [0.1, 0.15) is 5.82 Å². The van der Waals surface area contributed by atoms with Gasteiger partial charge in [-0.3, -0.25) is 0 Å². The van der Waals surface area contributed by atoms with Crippen LogP contribution in [0, 0.1) is 13.8 Å². The molecule has 0 saturated heterocycles. The zero-order valence-corrected chi connectivity index (χ0v) is 14.5. The van der Waals surface area contributed by atoms with Crippen LogP contribution in [0.2, 0.25) is 0 Å². The second kappa shape index (κ2) is 5.90. The number of nitrogens with zero attached hydrogens (tertiary/aromatic N) is 2. The molecule has 0 bridgehead atoms. The molecule has 134 valence electrons. The fourth-order valence-corrected chi connectivity index (χ4v) is 3.45. The summed E-state index contributed by atoms with van der Waals surface area (Å²) >= 11 is 0. The standard InChI is InChI=1S/C20H18F3N3/c1-12-7-8-13(2)17(11-12)26-19-15(9-10-24-19)18(25-26)14-5-3-4-6-16(14)20(21,22)23/h3-8,11,24H,9-10H2,1-2H3. The summed E-state index contributed by atoms with van der Waals surface area (Å²) in [7, 11) is 0. The Morgan fingerprint density at radius 1 is 1.08 bits per heavy atom. The van der Waals surface area contributed by atoms with Gasteiger partial charge in [-0.15, -0.1) is 0 Å². The van der Waals surface area contributed by atoms with Gasteiger partial charge in [0.2, 0.25) is 0 Å². The molecule has 0 amide bonds. The Hall–Kier alpha value is -2.76. The number of halogens is 3. The van der Waals surface area contributed by atoms with E-state index in [4.69, 9.17) is 0 Å². The maximum Gasteiger partial charge on any atom is 0.417 e. The Morgan fingerprint density at radius 3 is 2.62 bits per heavy atom. The highest BCUT2D eigenvalue weighted by molar-refractivity contribution is 5.75. The molecule has 2 heterocycles. The maximum atomic E-state index is 13.5. The van der Waals surface area contributed by atoms with E-state index in [0.717, 1.165) is 34.3 Å². The molecule has 6 heteroatoms. The lowest BCUT2D eigenvalue weighted by Gasteiger charge is -2.12. The van der Waals surface area contributed by atoms with Gasteiger partial charge < -0.3 is 5.32 Å².